The molecule has 0 spiro atoms. The Labute approximate surface area is 135 Å². The molecule has 0 unspecified atom stereocenters. The van der Waals surface area contributed by atoms with Gasteiger partial charge in [-0.15, -0.1) is 0 Å². The summed E-state index contributed by atoms with van der Waals surface area (Å²) in [5.41, 5.74) is 0.907. The Bertz CT molecular complexity index is 544. The van der Waals surface area contributed by atoms with Crippen LogP contribution in [0.3, 0.4) is 0 Å². The molecule has 0 bridgehead atoms. The summed E-state index contributed by atoms with van der Waals surface area (Å²) in [5.74, 6) is 1.40. The zero-order valence-corrected chi connectivity index (χ0v) is 15.1. The first kappa shape index (κ1) is 17.1. The van der Waals surface area contributed by atoms with Gasteiger partial charge in [-0.2, -0.15) is 0 Å². The predicted molar refractivity (Wildman–Crippen MR) is 91.2 cm³/mol. The molecule has 1 aromatic rings. The third-order valence-corrected chi connectivity index (χ3v) is 4.61. The zero-order chi connectivity index (χ0) is 16.8. The van der Waals surface area contributed by atoms with Crippen molar-refractivity contribution >= 4 is 5.78 Å². The largest absolute Gasteiger partial charge is 0.488 e. The highest BCUT2D eigenvalue weighted by atomic mass is 16.5. The van der Waals surface area contributed by atoms with Gasteiger partial charge in [-0.1, -0.05) is 39.8 Å². The number of Topliss-reactive ketones (excluding diaryl/α,β-unsaturated/α-hetero) is 1. The highest BCUT2D eigenvalue weighted by Gasteiger charge is 2.51. The maximum Gasteiger partial charge on any atom is 0.142 e. The van der Waals surface area contributed by atoms with Crippen LogP contribution in [0.5, 0.6) is 5.75 Å². The lowest BCUT2D eigenvalue weighted by Crippen LogP contribution is -2.26. The third kappa shape index (κ3) is 3.71. The number of carbonyl (C=O) groups excluding carboxylic acids is 1. The summed E-state index contributed by atoms with van der Waals surface area (Å²) in [6.45, 7) is 14.7. The van der Waals surface area contributed by atoms with E-state index in [2.05, 4.69) is 39.8 Å². The van der Waals surface area contributed by atoms with Crippen LogP contribution in [0.2, 0.25) is 0 Å². The number of carbonyl (C=O) groups is 1. The molecule has 0 radical (unpaired) electrons. The Kier molecular flexibility index (Phi) is 4.18. The average Bonchev–Trinajstić information content (AvgIpc) is 2.48. The third-order valence-electron chi connectivity index (χ3n) is 4.61. The molecule has 1 saturated carbocycles. The molecular formula is C20H30O2. The van der Waals surface area contributed by atoms with Crippen molar-refractivity contribution in [1.82, 2.24) is 0 Å². The van der Waals surface area contributed by atoms with E-state index in [0.29, 0.717) is 5.78 Å². The van der Waals surface area contributed by atoms with Gasteiger partial charge in [0.2, 0.25) is 0 Å². The first-order valence-electron chi connectivity index (χ1n) is 8.23. The minimum atomic E-state index is -0.191. The Morgan fingerprint density at radius 2 is 1.64 bits per heavy atom. The molecule has 2 nitrogen and oxygen atoms in total. The van der Waals surface area contributed by atoms with Crippen molar-refractivity contribution in [3.63, 3.8) is 0 Å². The lowest BCUT2D eigenvalue weighted by Gasteiger charge is -2.26. The molecule has 1 aliphatic rings. The number of hydrogen-bond donors (Lipinski definition) is 0. The minimum Gasteiger partial charge on any atom is -0.488 e. The maximum atomic E-state index is 12.7. The molecular weight excluding hydrogens is 272 g/mol. The number of benzene rings is 1. The van der Waals surface area contributed by atoms with Crippen LogP contribution in [-0.4, -0.2) is 11.4 Å². The summed E-state index contributed by atoms with van der Waals surface area (Å²) in [7, 11) is 0. The molecule has 0 aromatic heterocycles. The summed E-state index contributed by atoms with van der Waals surface area (Å²) in [5, 5.41) is 0. The van der Waals surface area contributed by atoms with Crippen molar-refractivity contribution in [2.75, 3.05) is 0 Å². The smallest absolute Gasteiger partial charge is 0.142 e. The van der Waals surface area contributed by atoms with Crippen LogP contribution in [0.15, 0.2) is 24.3 Å². The van der Waals surface area contributed by atoms with E-state index in [1.54, 1.807) is 0 Å². The van der Waals surface area contributed by atoms with Gasteiger partial charge in [0.05, 0.1) is 0 Å². The second-order valence-electron chi connectivity index (χ2n) is 9.03. The molecule has 0 aliphatic heterocycles. The van der Waals surface area contributed by atoms with E-state index >= 15 is 0 Å². The van der Waals surface area contributed by atoms with Gasteiger partial charge in [0.25, 0.3) is 0 Å². The van der Waals surface area contributed by atoms with Gasteiger partial charge in [0.15, 0.2) is 0 Å². The van der Waals surface area contributed by atoms with E-state index < -0.39 is 0 Å². The number of rotatable bonds is 3. The molecule has 1 atom stereocenters. The van der Waals surface area contributed by atoms with Crippen LogP contribution < -0.4 is 4.74 Å². The Morgan fingerprint density at radius 1 is 1.09 bits per heavy atom. The van der Waals surface area contributed by atoms with Gasteiger partial charge in [0, 0.05) is 11.3 Å². The maximum absolute atomic E-state index is 12.7. The molecule has 0 N–H and O–H groups in total. The van der Waals surface area contributed by atoms with Gasteiger partial charge in [-0.05, 0) is 56.7 Å². The number of hydrogen-bond acceptors (Lipinski definition) is 2. The van der Waals surface area contributed by atoms with Crippen molar-refractivity contribution in [2.45, 2.75) is 66.9 Å². The molecule has 1 aliphatic carbocycles. The van der Waals surface area contributed by atoms with Crippen molar-refractivity contribution in [2.24, 2.45) is 16.7 Å². The van der Waals surface area contributed by atoms with Crippen LogP contribution in [0.25, 0.3) is 0 Å². The van der Waals surface area contributed by atoms with Gasteiger partial charge < -0.3 is 4.74 Å². The van der Waals surface area contributed by atoms with E-state index in [-0.39, 0.29) is 22.3 Å². The monoisotopic (exact) mass is 302 g/mol. The van der Waals surface area contributed by atoms with Gasteiger partial charge in [-0.3, -0.25) is 4.79 Å². The fraction of sp³-hybridized carbons (Fsp3) is 0.650. The standard InChI is InChI=1S/C20H30O2/c1-18(2,3)22-15-10-8-14(9-11-15)12-16-17(21)20(6,7)13-19(16,4)5/h8-11,16H,12-13H2,1-7H3/t16-/m0/s1. The number of ketones is 1. The summed E-state index contributed by atoms with van der Waals surface area (Å²) in [6.07, 6.45) is 1.79. The van der Waals surface area contributed by atoms with E-state index in [4.69, 9.17) is 4.74 Å². The van der Waals surface area contributed by atoms with E-state index in [9.17, 15) is 4.79 Å². The Morgan fingerprint density at radius 3 is 2.05 bits per heavy atom. The number of ether oxygens (including phenoxy) is 1. The van der Waals surface area contributed by atoms with Crippen LogP contribution >= 0.6 is 0 Å². The minimum absolute atomic E-state index is 0.0706. The molecule has 22 heavy (non-hydrogen) atoms. The second kappa shape index (κ2) is 5.40. The molecule has 0 heterocycles. The van der Waals surface area contributed by atoms with Gasteiger partial charge >= 0.3 is 0 Å². The quantitative estimate of drug-likeness (QED) is 0.781. The van der Waals surface area contributed by atoms with E-state index in [1.807, 2.05) is 32.9 Å². The highest BCUT2D eigenvalue weighted by Crippen LogP contribution is 2.51. The van der Waals surface area contributed by atoms with Crippen LogP contribution in [0.4, 0.5) is 0 Å². The molecule has 2 heteroatoms. The van der Waals surface area contributed by atoms with Crippen LogP contribution in [0, 0.1) is 16.7 Å². The summed E-state index contributed by atoms with van der Waals surface area (Å²) < 4.78 is 5.85. The molecule has 122 valence electrons. The second-order valence-corrected chi connectivity index (χ2v) is 9.03. The van der Waals surface area contributed by atoms with Gasteiger partial charge in [0.1, 0.15) is 17.1 Å². The molecule has 0 saturated heterocycles. The highest BCUT2D eigenvalue weighted by molar-refractivity contribution is 5.89. The molecule has 0 amide bonds. The van der Waals surface area contributed by atoms with E-state index in [0.717, 1.165) is 18.6 Å². The first-order valence-corrected chi connectivity index (χ1v) is 8.23. The fourth-order valence-corrected chi connectivity index (χ4v) is 3.83. The lowest BCUT2D eigenvalue weighted by atomic mass is 9.78. The molecule has 1 fully saturated rings. The normalized spacial score (nSPS) is 23.6. The van der Waals surface area contributed by atoms with Crippen molar-refractivity contribution in [3.8, 4) is 5.75 Å². The Balaban J connectivity index is 2.13. The molecule has 2 rings (SSSR count). The van der Waals surface area contributed by atoms with Crippen LogP contribution in [-0.2, 0) is 11.2 Å². The summed E-state index contributed by atoms with van der Waals surface area (Å²) in [4.78, 5) is 12.7. The zero-order valence-electron chi connectivity index (χ0n) is 15.1. The fourth-order valence-electron chi connectivity index (χ4n) is 3.83. The van der Waals surface area contributed by atoms with Crippen LogP contribution in [0.1, 0.15) is 60.5 Å². The lowest BCUT2D eigenvalue weighted by molar-refractivity contribution is -0.128. The summed E-state index contributed by atoms with van der Waals surface area (Å²) in [6, 6.07) is 8.21. The predicted octanol–water partition coefficient (Wildman–Crippen LogP) is 5.05. The van der Waals surface area contributed by atoms with E-state index in [1.165, 1.54) is 5.56 Å². The van der Waals surface area contributed by atoms with Crippen molar-refractivity contribution in [3.05, 3.63) is 29.8 Å². The van der Waals surface area contributed by atoms with Crippen molar-refractivity contribution < 1.29 is 9.53 Å². The van der Waals surface area contributed by atoms with Crippen molar-refractivity contribution in [1.29, 1.82) is 0 Å². The topological polar surface area (TPSA) is 26.3 Å². The SMILES string of the molecule is CC(C)(C)Oc1ccc(C[C@H]2C(=O)C(C)(C)CC2(C)C)cc1. The Hall–Kier alpha value is -1.31. The first-order chi connectivity index (χ1) is 9.91. The molecule has 1 aromatic carbocycles. The summed E-state index contributed by atoms with van der Waals surface area (Å²) >= 11 is 0. The van der Waals surface area contributed by atoms with Gasteiger partial charge in [-0.25, -0.2) is 0 Å². The average molecular weight is 302 g/mol.